The fourth-order valence-electron chi connectivity index (χ4n) is 2.42. The highest BCUT2D eigenvalue weighted by molar-refractivity contribution is 5.94. The maximum absolute atomic E-state index is 11.2. The number of benzene rings is 2. The van der Waals surface area contributed by atoms with Crippen molar-refractivity contribution in [2.24, 2.45) is 0 Å². The number of esters is 2. The zero-order chi connectivity index (χ0) is 15.6. The van der Waals surface area contributed by atoms with Crippen molar-refractivity contribution >= 4 is 22.7 Å². The fraction of sp³-hybridized carbons (Fsp3) is 0.294. The van der Waals surface area contributed by atoms with E-state index in [1.807, 2.05) is 26.0 Å². The molecule has 4 heteroatoms. The van der Waals surface area contributed by atoms with E-state index in [1.165, 1.54) is 13.8 Å². The van der Waals surface area contributed by atoms with E-state index in [0.717, 1.165) is 16.3 Å². The van der Waals surface area contributed by atoms with Gasteiger partial charge in [0.2, 0.25) is 0 Å². The molecule has 0 aliphatic rings. The molecule has 0 radical (unpaired) electrons. The van der Waals surface area contributed by atoms with E-state index in [-0.39, 0.29) is 17.9 Å². The van der Waals surface area contributed by atoms with Gasteiger partial charge in [-0.25, -0.2) is 0 Å². The van der Waals surface area contributed by atoms with Crippen molar-refractivity contribution in [1.29, 1.82) is 0 Å². The van der Waals surface area contributed by atoms with Crippen molar-refractivity contribution < 1.29 is 19.1 Å². The van der Waals surface area contributed by atoms with E-state index in [1.54, 1.807) is 18.2 Å². The van der Waals surface area contributed by atoms with Crippen LogP contribution in [0.2, 0.25) is 0 Å². The largest absolute Gasteiger partial charge is 0.426 e. The molecule has 0 saturated heterocycles. The molecule has 0 aromatic heterocycles. The van der Waals surface area contributed by atoms with Gasteiger partial charge < -0.3 is 9.47 Å². The van der Waals surface area contributed by atoms with E-state index < -0.39 is 0 Å². The summed E-state index contributed by atoms with van der Waals surface area (Å²) in [5, 5.41) is 1.75. The topological polar surface area (TPSA) is 52.6 Å². The number of ether oxygens (including phenoxy) is 2. The molecule has 21 heavy (non-hydrogen) atoms. The van der Waals surface area contributed by atoms with Gasteiger partial charge in [0.1, 0.15) is 11.5 Å². The van der Waals surface area contributed by atoms with Gasteiger partial charge in [0.25, 0.3) is 0 Å². The normalized spacial score (nSPS) is 10.7. The van der Waals surface area contributed by atoms with Crippen molar-refractivity contribution in [3.05, 3.63) is 35.9 Å². The Morgan fingerprint density at radius 3 is 2.05 bits per heavy atom. The predicted molar refractivity (Wildman–Crippen MR) is 80.7 cm³/mol. The summed E-state index contributed by atoms with van der Waals surface area (Å²) in [5.74, 6) is 0.502. The second-order valence-electron chi connectivity index (χ2n) is 5.17. The van der Waals surface area contributed by atoms with Crippen molar-refractivity contribution in [3.63, 3.8) is 0 Å². The van der Waals surface area contributed by atoms with Gasteiger partial charge >= 0.3 is 11.9 Å². The molecule has 0 unspecified atom stereocenters. The Hall–Kier alpha value is -2.36. The summed E-state index contributed by atoms with van der Waals surface area (Å²) < 4.78 is 10.5. The summed E-state index contributed by atoms with van der Waals surface area (Å²) in [5.41, 5.74) is 0.928. The number of hydrogen-bond acceptors (Lipinski definition) is 4. The number of carbonyl (C=O) groups is 2. The minimum atomic E-state index is -0.363. The molecule has 0 amide bonds. The first-order valence-corrected chi connectivity index (χ1v) is 6.82. The molecule has 2 rings (SSSR count). The molecular weight excluding hydrogens is 268 g/mol. The zero-order valence-electron chi connectivity index (χ0n) is 12.6. The van der Waals surface area contributed by atoms with Crippen LogP contribution in [0.4, 0.5) is 0 Å². The average molecular weight is 286 g/mol. The molecule has 0 aliphatic heterocycles. The number of hydrogen-bond donors (Lipinski definition) is 0. The van der Waals surface area contributed by atoms with Crippen LogP contribution >= 0.6 is 0 Å². The van der Waals surface area contributed by atoms with Gasteiger partial charge in [-0.05, 0) is 29.5 Å². The van der Waals surface area contributed by atoms with Crippen molar-refractivity contribution in [1.82, 2.24) is 0 Å². The quantitative estimate of drug-likeness (QED) is 0.636. The second-order valence-corrected chi connectivity index (χ2v) is 5.17. The molecule has 0 atom stereocenters. The molecule has 2 aromatic rings. The first-order valence-electron chi connectivity index (χ1n) is 6.82. The summed E-state index contributed by atoms with van der Waals surface area (Å²) >= 11 is 0. The summed E-state index contributed by atoms with van der Waals surface area (Å²) in [4.78, 5) is 22.4. The molecule has 4 nitrogen and oxygen atoms in total. The molecule has 0 saturated carbocycles. The summed E-state index contributed by atoms with van der Waals surface area (Å²) in [6.45, 7) is 6.81. The molecule has 0 N–H and O–H groups in total. The first-order chi connectivity index (χ1) is 9.90. The van der Waals surface area contributed by atoms with E-state index in [0.29, 0.717) is 11.5 Å². The van der Waals surface area contributed by atoms with E-state index in [4.69, 9.17) is 9.47 Å². The van der Waals surface area contributed by atoms with Gasteiger partial charge in [0.15, 0.2) is 0 Å². The summed E-state index contributed by atoms with van der Waals surface area (Å²) in [6, 6.07) is 9.05. The van der Waals surface area contributed by atoms with Gasteiger partial charge in [0, 0.05) is 24.8 Å². The Balaban J connectivity index is 2.69. The molecule has 0 bridgehead atoms. The minimum absolute atomic E-state index is 0.163. The van der Waals surface area contributed by atoms with Crippen LogP contribution in [0.5, 0.6) is 11.5 Å². The highest BCUT2D eigenvalue weighted by Gasteiger charge is 2.16. The van der Waals surface area contributed by atoms with Crippen LogP contribution in [-0.2, 0) is 9.59 Å². The van der Waals surface area contributed by atoms with Crippen molar-refractivity contribution in [3.8, 4) is 11.5 Å². The fourth-order valence-corrected chi connectivity index (χ4v) is 2.42. The Morgan fingerprint density at radius 2 is 1.48 bits per heavy atom. The highest BCUT2D eigenvalue weighted by Crippen LogP contribution is 2.37. The Labute approximate surface area is 123 Å². The molecule has 0 heterocycles. The lowest BCUT2D eigenvalue weighted by Crippen LogP contribution is -2.06. The maximum Gasteiger partial charge on any atom is 0.308 e. The number of fused-ring (bicyclic) bond motifs is 1. The van der Waals surface area contributed by atoms with Crippen molar-refractivity contribution in [2.75, 3.05) is 0 Å². The van der Waals surface area contributed by atoms with Crippen LogP contribution in [0, 0.1) is 0 Å². The molecule has 0 aliphatic carbocycles. The van der Waals surface area contributed by atoms with Crippen LogP contribution < -0.4 is 9.47 Å². The summed E-state index contributed by atoms with van der Waals surface area (Å²) in [6.07, 6.45) is 0. The Bertz CT molecular complexity index is 701. The lowest BCUT2D eigenvalue weighted by Gasteiger charge is -2.16. The number of rotatable bonds is 3. The van der Waals surface area contributed by atoms with Gasteiger partial charge in [-0.15, -0.1) is 0 Å². The monoisotopic (exact) mass is 286 g/mol. The van der Waals surface area contributed by atoms with Gasteiger partial charge in [-0.2, -0.15) is 0 Å². The predicted octanol–water partition coefficient (Wildman–Crippen LogP) is 3.81. The van der Waals surface area contributed by atoms with Crippen LogP contribution in [-0.4, -0.2) is 11.9 Å². The third kappa shape index (κ3) is 3.21. The average Bonchev–Trinajstić information content (AvgIpc) is 2.36. The van der Waals surface area contributed by atoms with Crippen LogP contribution in [0.15, 0.2) is 30.3 Å². The SMILES string of the molecule is CC(=O)Oc1ccc2c(OC(C)=O)cccc2c1C(C)C. The van der Waals surface area contributed by atoms with Gasteiger partial charge in [-0.1, -0.05) is 26.0 Å². The second kappa shape index (κ2) is 5.95. The number of carbonyl (C=O) groups excluding carboxylic acids is 2. The van der Waals surface area contributed by atoms with Gasteiger partial charge in [0.05, 0.1) is 0 Å². The minimum Gasteiger partial charge on any atom is -0.426 e. The Morgan fingerprint density at radius 1 is 0.857 bits per heavy atom. The molecule has 0 fully saturated rings. The maximum atomic E-state index is 11.2. The van der Waals surface area contributed by atoms with Gasteiger partial charge in [-0.3, -0.25) is 9.59 Å². The molecule has 2 aromatic carbocycles. The first kappa shape index (κ1) is 15.0. The zero-order valence-corrected chi connectivity index (χ0v) is 12.6. The van der Waals surface area contributed by atoms with Crippen LogP contribution in [0.3, 0.4) is 0 Å². The van der Waals surface area contributed by atoms with Crippen LogP contribution in [0.1, 0.15) is 39.2 Å². The standard InChI is InChI=1S/C17H18O4/c1-10(2)17-14-6-5-7-15(20-11(3)18)13(14)8-9-16(17)21-12(4)19/h5-10H,1-4H3. The lowest BCUT2D eigenvalue weighted by molar-refractivity contribution is -0.132. The summed E-state index contributed by atoms with van der Waals surface area (Å²) in [7, 11) is 0. The Kier molecular flexibility index (Phi) is 4.26. The van der Waals surface area contributed by atoms with E-state index in [2.05, 4.69) is 0 Å². The highest BCUT2D eigenvalue weighted by atomic mass is 16.5. The third-order valence-corrected chi connectivity index (χ3v) is 3.11. The molecule has 0 spiro atoms. The molecular formula is C17H18O4. The third-order valence-electron chi connectivity index (χ3n) is 3.11. The smallest absolute Gasteiger partial charge is 0.308 e. The van der Waals surface area contributed by atoms with E-state index >= 15 is 0 Å². The van der Waals surface area contributed by atoms with Crippen LogP contribution in [0.25, 0.3) is 10.8 Å². The van der Waals surface area contributed by atoms with Crippen molar-refractivity contribution in [2.45, 2.75) is 33.6 Å². The van der Waals surface area contributed by atoms with E-state index in [9.17, 15) is 9.59 Å². The molecule has 110 valence electrons. The lowest BCUT2D eigenvalue weighted by atomic mass is 9.94.